The summed E-state index contributed by atoms with van der Waals surface area (Å²) in [6.45, 7) is 10.9. The Kier molecular flexibility index (Phi) is 5.03. The molecule has 90 valence electrons. The molecule has 0 amide bonds. The molecule has 0 saturated heterocycles. The van der Waals surface area contributed by atoms with Crippen LogP contribution in [0.5, 0.6) is 0 Å². The van der Waals surface area contributed by atoms with Crippen molar-refractivity contribution in [2.75, 3.05) is 19.8 Å². The lowest BCUT2D eigenvalue weighted by molar-refractivity contribution is -0.0439. The van der Waals surface area contributed by atoms with Gasteiger partial charge in [0.15, 0.2) is 0 Å². The van der Waals surface area contributed by atoms with Crippen LogP contribution in [0, 0.1) is 0 Å². The van der Waals surface area contributed by atoms with Crippen LogP contribution in [0.15, 0.2) is 0 Å². The smallest absolute Gasteiger partial charge is 0.0704 e. The van der Waals surface area contributed by atoms with Gasteiger partial charge in [-0.05, 0) is 40.5 Å². The quantitative estimate of drug-likeness (QED) is 0.687. The molecule has 1 fully saturated rings. The monoisotopic (exact) mass is 215 g/mol. The van der Waals surface area contributed by atoms with Crippen LogP contribution in [-0.2, 0) is 9.47 Å². The van der Waals surface area contributed by atoms with Crippen molar-refractivity contribution in [3.63, 3.8) is 0 Å². The van der Waals surface area contributed by atoms with Gasteiger partial charge in [0.2, 0.25) is 0 Å². The molecule has 0 aliphatic heterocycles. The van der Waals surface area contributed by atoms with Crippen LogP contribution in [-0.4, -0.2) is 37.5 Å². The second kappa shape index (κ2) is 5.83. The van der Waals surface area contributed by atoms with Crippen LogP contribution in [0.3, 0.4) is 0 Å². The fourth-order valence-electron chi connectivity index (χ4n) is 1.85. The summed E-state index contributed by atoms with van der Waals surface area (Å²) < 4.78 is 10.9. The van der Waals surface area contributed by atoms with Crippen LogP contribution in [0.4, 0.5) is 0 Å². The molecule has 3 nitrogen and oxygen atoms in total. The van der Waals surface area contributed by atoms with E-state index in [1.54, 1.807) is 0 Å². The van der Waals surface area contributed by atoms with E-state index < -0.39 is 0 Å². The van der Waals surface area contributed by atoms with E-state index in [0.717, 1.165) is 32.7 Å². The van der Waals surface area contributed by atoms with Gasteiger partial charge in [-0.3, -0.25) is 0 Å². The maximum atomic E-state index is 5.66. The number of ether oxygens (including phenoxy) is 2. The molecule has 0 bridgehead atoms. The van der Waals surface area contributed by atoms with Crippen molar-refractivity contribution in [3.05, 3.63) is 0 Å². The molecule has 0 spiro atoms. The third kappa shape index (κ3) is 5.50. The summed E-state index contributed by atoms with van der Waals surface area (Å²) in [6.07, 6.45) is 2.73. The molecule has 0 aromatic rings. The van der Waals surface area contributed by atoms with Gasteiger partial charge in [0.1, 0.15) is 0 Å². The molecule has 1 rings (SSSR count). The van der Waals surface area contributed by atoms with Gasteiger partial charge < -0.3 is 14.8 Å². The average Bonchev–Trinajstić information content (AvgIpc) is 2.05. The van der Waals surface area contributed by atoms with E-state index in [4.69, 9.17) is 9.47 Å². The molecule has 0 radical (unpaired) electrons. The predicted octanol–water partition coefficient (Wildman–Crippen LogP) is 1.96. The Balaban J connectivity index is 1.96. The van der Waals surface area contributed by atoms with E-state index in [9.17, 15) is 0 Å². The zero-order chi connectivity index (χ0) is 11.3. The fourth-order valence-corrected chi connectivity index (χ4v) is 1.85. The van der Waals surface area contributed by atoms with E-state index in [-0.39, 0.29) is 5.54 Å². The summed E-state index contributed by atoms with van der Waals surface area (Å²) in [7, 11) is 0. The third-order valence-corrected chi connectivity index (χ3v) is 2.52. The molecule has 1 N–H and O–H groups in total. The molecular formula is C12H25NO2. The lowest BCUT2D eigenvalue weighted by atomic mass is 9.87. The van der Waals surface area contributed by atoms with Crippen molar-refractivity contribution in [2.24, 2.45) is 0 Å². The van der Waals surface area contributed by atoms with E-state index in [0.29, 0.717) is 12.1 Å². The van der Waals surface area contributed by atoms with Gasteiger partial charge in [-0.25, -0.2) is 0 Å². The Hall–Kier alpha value is -0.120. The molecule has 1 aliphatic carbocycles. The van der Waals surface area contributed by atoms with Gasteiger partial charge in [-0.1, -0.05) is 0 Å². The summed E-state index contributed by atoms with van der Waals surface area (Å²) in [5.74, 6) is 0. The highest BCUT2D eigenvalue weighted by Crippen LogP contribution is 2.25. The highest BCUT2D eigenvalue weighted by atomic mass is 16.5. The largest absolute Gasteiger partial charge is 0.379 e. The molecule has 0 unspecified atom stereocenters. The predicted molar refractivity (Wildman–Crippen MR) is 62.1 cm³/mol. The second-order valence-electron chi connectivity index (χ2n) is 5.25. The zero-order valence-electron chi connectivity index (χ0n) is 10.5. The van der Waals surface area contributed by atoms with Crippen LogP contribution in [0.1, 0.15) is 40.5 Å². The third-order valence-electron chi connectivity index (χ3n) is 2.52. The Morgan fingerprint density at radius 2 is 1.87 bits per heavy atom. The van der Waals surface area contributed by atoms with Crippen LogP contribution in [0.25, 0.3) is 0 Å². The van der Waals surface area contributed by atoms with Gasteiger partial charge in [-0.15, -0.1) is 0 Å². The minimum absolute atomic E-state index is 0.223. The van der Waals surface area contributed by atoms with Crippen molar-refractivity contribution < 1.29 is 9.47 Å². The number of rotatable bonds is 6. The summed E-state index contributed by atoms with van der Waals surface area (Å²) >= 11 is 0. The standard InChI is InChI=1S/C12H25NO2/c1-5-14-6-7-15-11-8-10(9-11)13-12(2,3)4/h10-11,13H,5-9H2,1-4H3/t10-,11-. The molecule has 0 aromatic heterocycles. The van der Waals surface area contributed by atoms with Gasteiger partial charge in [0.05, 0.1) is 19.3 Å². The summed E-state index contributed by atoms with van der Waals surface area (Å²) in [6, 6.07) is 0.641. The molecular weight excluding hydrogens is 190 g/mol. The molecule has 1 aliphatic rings. The lowest BCUT2D eigenvalue weighted by Gasteiger charge is -2.40. The number of hydrogen-bond acceptors (Lipinski definition) is 3. The van der Waals surface area contributed by atoms with Crippen LogP contribution < -0.4 is 5.32 Å². The SMILES string of the molecule is CCOCCO[C@H]1C[C@H](NC(C)(C)C)C1. The first-order valence-electron chi connectivity index (χ1n) is 5.98. The van der Waals surface area contributed by atoms with E-state index in [1.165, 1.54) is 0 Å². The Labute approximate surface area is 93.5 Å². The molecule has 0 heterocycles. The lowest BCUT2D eigenvalue weighted by Crippen LogP contribution is -2.52. The first kappa shape index (κ1) is 12.9. The van der Waals surface area contributed by atoms with Gasteiger partial charge in [0, 0.05) is 18.2 Å². The van der Waals surface area contributed by atoms with Crippen LogP contribution in [0.2, 0.25) is 0 Å². The number of hydrogen-bond donors (Lipinski definition) is 1. The van der Waals surface area contributed by atoms with E-state index >= 15 is 0 Å². The van der Waals surface area contributed by atoms with Crippen LogP contribution >= 0.6 is 0 Å². The summed E-state index contributed by atoms with van der Waals surface area (Å²) in [5, 5.41) is 3.58. The first-order chi connectivity index (χ1) is 7.01. The van der Waals surface area contributed by atoms with E-state index in [1.807, 2.05) is 6.92 Å². The summed E-state index contributed by atoms with van der Waals surface area (Å²) in [4.78, 5) is 0. The normalized spacial score (nSPS) is 26.4. The second-order valence-corrected chi connectivity index (χ2v) is 5.25. The topological polar surface area (TPSA) is 30.5 Å². The van der Waals surface area contributed by atoms with Crippen molar-refractivity contribution in [1.82, 2.24) is 5.32 Å². The Morgan fingerprint density at radius 3 is 2.40 bits per heavy atom. The molecule has 0 atom stereocenters. The molecule has 3 heteroatoms. The fraction of sp³-hybridized carbons (Fsp3) is 1.00. The van der Waals surface area contributed by atoms with Gasteiger partial charge in [0.25, 0.3) is 0 Å². The van der Waals surface area contributed by atoms with Gasteiger partial charge >= 0.3 is 0 Å². The van der Waals surface area contributed by atoms with Crippen molar-refractivity contribution in [2.45, 2.75) is 58.2 Å². The van der Waals surface area contributed by atoms with E-state index in [2.05, 4.69) is 26.1 Å². The van der Waals surface area contributed by atoms with Crippen molar-refractivity contribution in [1.29, 1.82) is 0 Å². The average molecular weight is 215 g/mol. The van der Waals surface area contributed by atoms with Gasteiger partial charge in [-0.2, -0.15) is 0 Å². The molecule has 1 saturated carbocycles. The maximum Gasteiger partial charge on any atom is 0.0704 e. The number of nitrogens with one attached hydrogen (secondary N) is 1. The van der Waals surface area contributed by atoms with Crippen molar-refractivity contribution in [3.8, 4) is 0 Å². The minimum Gasteiger partial charge on any atom is -0.379 e. The molecule has 15 heavy (non-hydrogen) atoms. The highest BCUT2D eigenvalue weighted by Gasteiger charge is 2.31. The first-order valence-corrected chi connectivity index (χ1v) is 5.98. The zero-order valence-corrected chi connectivity index (χ0v) is 10.5. The summed E-state index contributed by atoms with van der Waals surface area (Å²) in [5.41, 5.74) is 0.223. The Morgan fingerprint density at radius 1 is 1.20 bits per heavy atom. The Bertz CT molecular complexity index is 171. The maximum absolute atomic E-state index is 5.66. The highest BCUT2D eigenvalue weighted by molar-refractivity contribution is 4.90. The van der Waals surface area contributed by atoms with Crippen molar-refractivity contribution >= 4 is 0 Å². The minimum atomic E-state index is 0.223. The molecule has 0 aromatic carbocycles.